The maximum atomic E-state index is 13.0. The second kappa shape index (κ2) is 7.87. The lowest BCUT2D eigenvalue weighted by Gasteiger charge is -2.54. The molecule has 3 rings (SSSR count). The van der Waals surface area contributed by atoms with Gasteiger partial charge in [0.1, 0.15) is 0 Å². The minimum Gasteiger partial charge on any atom is -0.211 e. The van der Waals surface area contributed by atoms with Crippen LogP contribution < -0.4 is 0 Å². The van der Waals surface area contributed by atoms with Crippen molar-refractivity contribution >= 4 is 0 Å². The SMILES string of the molecule is C.C/C=C1/CCC2C3CCC(CC(F)F)C(CCC)C3CCC12C. The molecule has 6 atom stereocenters. The van der Waals surface area contributed by atoms with Crippen molar-refractivity contribution in [2.45, 2.75) is 92.4 Å². The van der Waals surface area contributed by atoms with Crippen molar-refractivity contribution in [1.29, 1.82) is 0 Å². The number of halogens is 2. The molecule has 6 unspecified atom stereocenters. The monoisotopic (exact) mass is 340 g/mol. The van der Waals surface area contributed by atoms with E-state index in [0.29, 0.717) is 11.3 Å². The summed E-state index contributed by atoms with van der Waals surface area (Å²) in [5.41, 5.74) is 2.10. The maximum Gasteiger partial charge on any atom is 0.238 e. The molecule has 0 aromatic rings. The molecule has 0 radical (unpaired) electrons. The molecule has 3 saturated carbocycles. The molecule has 0 aromatic heterocycles. The highest BCUT2D eigenvalue weighted by molar-refractivity contribution is 5.22. The summed E-state index contributed by atoms with van der Waals surface area (Å²) in [7, 11) is 0. The molecule has 0 aromatic carbocycles. The molecule has 0 saturated heterocycles. The van der Waals surface area contributed by atoms with Crippen LogP contribution in [0.1, 0.15) is 86.0 Å². The molecule has 3 aliphatic rings. The number of allylic oxidation sites excluding steroid dienone is 2. The molecule has 2 heteroatoms. The van der Waals surface area contributed by atoms with Crippen molar-refractivity contribution in [2.24, 2.45) is 35.0 Å². The van der Waals surface area contributed by atoms with E-state index in [4.69, 9.17) is 0 Å². The average molecular weight is 341 g/mol. The van der Waals surface area contributed by atoms with Gasteiger partial charge in [0.05, 0.1) is 0 Å². The first-order valence-corrected chi connectivity index (χ1v) is 9.95. The van der Waals surface area contributed by atoms with Gasteiger partial charge in [-0.1, -0.05) is 45.8 Å². The lowest BCUT2D eigenvalue weighted by atomic mass is 9.51. The van der Waals surface area contributed by atoms with Crippen LogP contribution in [0.2, 0.25) is 0 Å². The summed E-state index contributed by atoms with van der Waals surface area (Å²) in [5.74, 6) is 3.19. The van der Waals surface area contributed by atoms with Crippen LogP contribution >= 0.6 is 0 Å². The van der Waals surface area contributed by atoms with E-state index in [2.05, 4.69) is 26.8 Å². The Kier molecular flexibility index (Phi) is 6.53. The molecule has 0 nitrogen and oxygen atoms in total. The second-order valence-corrected chi connectivity index (χ2v) is 8.66. The highest BCUT2D eigenvalue weighted by Crippen LogP contribution is 2.63. The third-order valence-electron chi connectivity index (χ3n) is 7.82. The van der Waals surface area contributed by atoms with Gasteiger partial charge in [0.25, 0.3) is 0 Å². The highest BCUT2D eigenvalue weighted by Gasteiger charge is 2.54. The molecule has 0 aliphatic heterocycles. The van der Waals surface area contributed by atoms with E-state index in [1.54, 1.807) is 5.57 Å². The minimum absolute atomic E-state index is 0. The van der Waals surface area contributed by atoms with Crippen LogP contribution in [0.25, 0.3) is 0 Å². The molecule has 3 aliphatic carbocycles. The van der Waals surface area contributed by atoms with Crippen LogP contribution in [0.4, 0.5) is 8.78 Å². The zero-order valence-corrected chi connectivity index (χ0v) is 15.2. The van der Waals surface area contributed by atoms with Crippen molar-refractivity contribution in [2.75, 3.05) is 0 Å². The summed E-state index contributed by atoms with van der Waals surface area (Å²) >= 11 is 0. The van der Waals surface area contributed by atoms with Gasteiger partial charge in [-0.25, -0.2) is 8.78 Å². The summed E-state index contributed by atoms with van der Waals surface area (Å²) in [4.78, 5) is 0. The van der Waals surface area contributed by atoms with Crippen molar-refractivity contribution in [3.8, 4) is 0 Å². The Hall–Kier alpha value is -0.400. The fourth-order valence-electron chi connectivity index (χ4n) is 6.86. The first kappa shape index (κ1) is 19.9. The summed E-state index contributed by atoms with van der Waals surface area (Å²) < 4.78 is 26.0. The van der Waals surface area contributed by atoms with Gasteiger partial charge in [0.15, 0.2) is 0 Å². The van der Waals surface area contributed by atoms with Gasteiger partial charge in [-0.3, -0.25) is 0 Å². The van der Waals surface area contributed by atoms with E-state index in [9.17, 15) is 8.78 Å². The summed E-state index contributed by atoms with van der Waals surface area (Å²) in [6.07, 6.45) is 10.2. The largest absolute Gasteiger partial charge is 0.238 e. The Morgan fingerprint density at radius 2 is 1.92 bits per heavy atom. The van der Waals surface area contributed by atoms with Crippen molar-refractivity contribution in [3.63, 3.8) is 0 Å². The van der Waals surface area contributed by atoms with Crippen molar-refractivity contribution < 1.29 is 8.78 Å². The molecule has 0 spiro atoms. The standard InChI is InChI=1S/C21H34F2.CH4/c1-4-6-16-14(13-20(22)23)7-9-18-17(16)11-12-21(3)15(5-2)8-10-19(18)21;/h5,14,16-20H,4,6-13H2,1-3H3;1H4/b15-5-;. The van der Waals surface area contributed by atoms with E-state index in [0.717, 1.165) is 30.6 Å². The van der Waals surface area contributed by atoms with Gasteiger partial charge in [0.2, 0.25) is 6.43 Å². The number of fused-ring (bicyclic) bond motifs is 3. The Labute approximate surface area is 148 Å². The van der Waals surface area contributed by atoms with Gasteiger partial charge >= 0.3 is 0 Å². The lowest BCUT2D eigenvalue weighted by molar-refractivity contribution is -0.0437. The number of hydrogen-bond acceptors (Lipinski definition) is 0. The minimum atomic E-state index is -2.12. The molecule has 0 heterocycles. The van der Waals surface area contributed by atoms with E-state index < -0.39 is 6.43 Å². The number of alkyl halides is 2. The summed E-state index contributed by atoms with van der Waals surface area (Å²) in [6.45, 7) is 6.92. The normalized spacial score (nSPS) is 43.4. The van der Waals surface area contributed by atoms with Crippen LogP contribution in [0, 0.1) is 35.0 Å². The van der Waals surface area contributed by atoms with E-state index in [1.807, 2.05) is 0 Å². The number of hydrogen-bond donors (Lipinski definition) is 0. The predicted octanol–water partition coefficient (Wildman–Crippen LogP) is 7.49. The van der Waals surface area contributed by atoms with Crippen LogP contribution in [-0.4, -0.2) is 6.43 Å². The topological polar surface area (TPSA) is 0 Å². The van der Waals surface area contributed by atoms with E-state index in [1.165, 1.54) is 38.5 Å². The van der Waals surface area contributed by atoms with Gasteiger partial charge in [-0.05, 0) is 80.5 Å². The van der Waals surface area contributed by atoms with Gasteiger partial charge in [-0.15, -0.1) is 0 Å². The second-order valence-electron chi connectivity index (χ2n) is 8.66. The average Bonchev–Trinajstić information content (AvgIpc) is 2.85. The zero-order valence-electron chi connectivity index (χ0n) is 15.2. The summed E-state index contributed by atoms with van der Waals surface area (Å²) in [6, 6.07) is 0. The summed E-state index contributed by atoms with van der Waals surface area (Å²) in [5, 5.41) is 0. The van der Waals surface area contributed by atoms with Gasteiger partial charge in [0, 0.05) is 6.42 Å². The van der Waals surface area contributed by atoms with Crippen LogP contribution in [0.5, 0.6) is 0 Å². The van der Waals surface area contributed by atoms with Crippen molar-refractivity contribution in [1.82, 2.24) is 0 Å². The zero-order chi connectivity index (χ0) is 16.6. The van der Waals surface area contributed by atoms with Crippen molar-refractivity contribution in [3.05, 3.63) is 11.6 Å². The molecule has 0 N–H and O–H groups in total. The van der Waals surface area contributed by atoms with Crippen LogP contribution in [-0.2, 0) is 0 Å². The molecule has 0 amide bonds. The highest BCUT2D eigenvalue weighted by atomic mass is 19.3. The van der Waals surface area contributed by atoms with Crippen LogP contribution in [0.3, 0.4) is 0 Å². The fourth-order valence-corrected chi connectivity index (χ4v) is 6.86. The molecular weight excluding hydrogens is 302 g/mol. The molecule has 140 valence electrons. The third-order valence-corrected chi connectivity index (χ3v) is 7.82. The third kappa shape index (κ3) is 3.31. The smallest absolute Gasteiger partial charge is 0.211 e. The molecule has 3 fully saturated rings. The molecule has 0 bridgehead atoms. The van der Waals surface area contributed by atoms with Gasteiger partial charge in [-0.2, -0.15) is 0 Å². The number of rotatable bonds is 4. The Morgan fingerprint density at radius 1 is 1.17 bits per heavy atom. The van der Waals surface area contributed by atoms with E-state index >= 15 is 0 Å². The maximum absolute atomic E-state index is 13.0. The first-order valence-electron chi connectivity index (χ1n) is 9.95. The first-order chi connectivity index (χ1) is 11.0. The Balaban J connectivity index is 0.00000208. The quantitative estimate of drug-likeness (QED) is 0.465. The molecular formula is C22H38F2. The fraction of sp³-hybridized carbons (Fsp3) is 0.909. The van der Waals surface area contributed by atoms with Crippen LogP contribution in [0.15, 0.2) is 11.6 Å². The molecule has 24 heavy (non-hydrogen) atoms. The van der Waals surface area contributed by atoms with Gasteiger partial charge < -0.3 is 0 Å². The van der Waals surface area contributed by atoms with E-state index in [-0.39, 0.29) is 19.8 Å². The Bertz CT molecular complexity index is 441. The lowest BCUT2D eigenvalue weighted by Crippen LogP contribution is -2.46. The predicted molar refractivity (Wildman–Crippen MR) is 99.3 cm³/mol. The Morgan fingerprint density at radius 3 is 2.54 bits per heavy atom.